The van der Waals surface area contributed by atoms with E-state index in [-0.39, 0.29) is 11.3 Å². The maximum atomic E-state index is 15.6. The Bertz CT molecular complexity index is 2150. The molecule has 0 atom stereocenters. The lowest BCUT2D eigenvalue weighted by atomic mass is 10.2. The third-order valence-electron chi connectivity index (χ3n) is 6.52. The summed E-state index contributed by atoms with van der Waals surface area (Å²) in [7, 11) is -4.95. The third kappa shape index (κ3) is 5.11. The predicted molar refractivity (Wildman–Crippen MR) is 144 cm³/mol. The third-order valence-corrected chi connectivity index (χ3v) is 8.22. The van der Waals surface area contributed by atoms with Gasteiger partial charge in [0.15, 0.2) is 21.5 Å². The summed E-state index contributed by atoms with van der Waals surface area (Å²) in [6.45, 7) is 0. The highest BCUT2D eigenvalue weighted by Crippen LogP contribution is 2.38. The molecule has 0 aliphatic heterocycles. The lowest BCUT2D eigenvalue weighted by Crippen LogP contribution is -2.17. The summed E-state index contributed by atoms with van der Waals surface area (Å²) < 4.78 is 113. The first-order chi connectivity index (χ1) is 20.4. The minimum absolute atomic E-state index is 0.101. The molecule has 6 aromatic rings. The Kier molecular flexibility index (Phi) is 6.76. The average molecular weight is 615 g/mol. The number of rotatable bonds is 6. The molecule has 3 aromatic carbocycles. The van der Waals surface area contributed by atoms with Crippen LogP contribution in [0.25, 0.3) is 27.9 Å². The number of hydrogen-bond acceptors (Lipinski definition) is 7. The van der Waals surface area contributed by atoms with E-state index in [0.29, 0.717) is 29.0 Å². The van der Waals surface area contributed by atoms with Crippen LogP contribution in [-0.4, -0.2) is 32.9 Å². The zero-order valence-corrected chi connectivity index (χ0v) is 22.3. The van der Waals surface area contributed by atoms with Crippen molar-refractivity contribution in [3.63, 3.8) is 0 Å². The predicted octanol–water partition coefficient (Wildman–Crippen LogP) is 6.52. The summed E-state index contributed by atoms with van der Waals surface area (Å²) in [5, 5.41) is 2.48. The second-order valence-corrected chi connectivity index (χ2v) is 11.2. The van der Waals surface area contributed by atoms with Crippen LogP contribution in [0.4, 0.5) is 37.8 Å². The number of fused-ring (bicyclic) bond motifs is 2. The molecule has 0 saturated heterocycles. The summed E-state index contributed by atoms with van der Waals surface area (Å²) in [4.78, 5) is 15.6. The molecule has 0 fully saturated rings. The van der Waals surface area contributed by atoms with Crippen molar-refractivity contribution in [1.29, 1.82) is 0 Å². The first-order valence-corrected chi connectivity index (χ1v) is 14.0. The van der Waals surface area contributed by atoms with Gasteiger partial charge in [0.1, 0.15) is 46.9 Å². The van der Waals surface area contributed by atoms with Crippen LogP contribution in [-0.2, 0) is 21.8 Å². The first-order valence-electron chi connectivity index (χ1n) is 12.3. The van der Waals surface area contributed by atoms with E-state index in [1.165, 1.54) is 0 Å². The molecule has 0 amide bonds. The van der Waals surface area contributed by atoms with Crippen LogP contribution in [0.15, 0.2) is 84.3 Å². The molecule has 0 bridgehead atoms. The summed E-state index contributed by atoms with van der Waals surface area (Å²) in [5.41, 5.74) is -1.67. The SMILES string of the molecule is O=S(=O)(Cc1ccc(F)c(Nc2ncnc3ccc(-n4cnc5ccccc54)nc23)c1F)c1cccc(F)c1C(F)(F)F. The van der Waals surface area contributed by atoms with Gasteiger partial charge in [-0.25, -0.2) is 41.5 Å². The fourth-order valence-corrected chi connectivity index (χ4v) is 6.16. The molecule has 0 aliphatic rings. The zero-order valence-electron chi connectivity index (χ0n) is 21.4. The van der Waals surface area contributed by atoms with Gasteiger partial charge in [-0.05, 0) is 42.5 Å². The molecule has 3 aromatic heterocycles. The van der Waals surface area contributed by atoms with E-state index in [1.807, 2.05) is 18.2 Å². The number of pyridine rings is 1. The molecule has 0 radical (unpaired) electrons. The number of alkyl halides is 3. The van der Waals surface area contributed by atoms with Crippen molar-refractivity contribution < 1.29 is 34.8 Å². The van der Waals surface area contributed by atoms with Crippen molar-refractivity contribution in [2.45, 2.75) is 16.8 Å². The van der Waals surface area contributed by atoms with Crippen molar-refractivity contribution in [2.75, 3.05) is 5.32 Å². The Hall–Kier alpha value is -5.05. The van der Waals surface area contributed by atoms with E-state index in [1.54, 1.807) is 29.1 Å². The molecule has 1 N–H and O–H groups in total. The van der Waals surface area contributed by atoms with Gasteiger partial charge in [-0.1, -0.05) is 24.3 Å². The van der Waals surface area contributed by atoms with E-state index in [0.717, 1.165) is 30.0 Å². The van der Waals surface area contributed by atoms with Crippen molar-refractivity contribution >= 4 is 43.4 Å². The molecule has 218 valence electrons. The van der Waals surface area contributed by atoms with Gasteiger partial charge >= 0.3 is 6.18 Å². The molecule has 15 heteroatoms. The van der Waals surface area contributed by atoms with E-state index in [9.17, 15) is 30.4 Å². The molecule has 8 nitrogen and oxygen atoms in total. The number of imidazole rings is 1. The summed E-state index contributed by atoms with van der Waals surface area (Å²) in [5.74, 6) is -5.43. The van der Waals surface area contributed by atoms with Crippen LogP contribution >= 0.6 is 0 Å². The minimum Gasteiger partial charge on any atom is -0.333 e. The number of sulfone groups is 1. The van der Waals surface area contributed by atoms with Crippen LogP contribution in [0, 0.1) is 17.5 Å². The summed E-state index contributed by atoms with van der Waals surface area (Å²) in [6, 6.07) is 13.9. The fraction of sp³-hybridized carbons (Fsp3) is 0.0714. The van der Waals surface area contributed by atoms with Crippen LogP contribution in [0.2, 0.25) is 0 Å². The number of anilines is 2. The van der Waals surface area contributed by atoms with Crippen molar-refractivity contribution in [2.24, 2.45) is 0 Å². The molecule has 43 heavy (non-hydrogen) atoms. The molecule has 0 aliphatic carbocycles. The molecular weight excluding hydrogens is 598 g/mol. The molecule has 6 rings (SSSR count). The monoisotopic (exact) mass is 614 g/mol. The van der Waals surface area contributed by atoms with E-state index < -0.39 is 60.9 Å². The topological polar surface area (TPSA) is 103 Å². The lowest BCUT2D eigenvalue weighted by molar-refractivity contribution is -0.142. The number of halogens is 6. The fourth-order valence-electron chi connectivity index (χ4n) is 4.56. The Balaban J connectivity index is 1.39. The standard InChI is InChI=1S/C28H16F6N6O2S/c29-16-4-3-7-21(23(16)28(32,33)34)43(41,42)12-15-8-9-17(30)25(24(15)31)39-27-26-19(35-13-36-27)10-11-22(38-26)40-14-37-18-5-1-2-6-20(18)40/h1-11,13-14H,12H2,(H,35,36,39). The molecule has 0 unspecified atom stereocenters. The first kappa shape index (κ1) is 28.1. The Morgan fingerprint density at radius 3 is 2.40 bits per heavy atom. The number of nitrogens with zero attached hydrogens (tertiary/aromatic N) is 5. The highest BCUT2D eigenvalue weighted by Gasteiger charge is 2.40. The molecule has 0 saturated carbocycles. The van der Waals surface area contributed by atoms with Gasteiger partial charge in [-0.3, -0.25) is 4.57 Å². The van der Waals surface area contributed by atoms with Gasteiger partial charge in [-0.2, -0.15) is 13.2 Å². The number of nitrogens with one attached hydrogen (secondary N) is 1. The second kappa shape index (κ2) is 10.3. The maximum absolute atomic E-state index is 15.6. The maximum Gasteiger partial charge on any atom is 0.420 e. The van der Waals surface area contributed by atoms with Gasteiger partial charge in [0.05, 0.1) is 27.2 Å². The van der Waals surface area contributed by atoms with Gasteiger partial charge < -0.3 is 5.32 Å². The second-order valence-electron chi connectivity index (χ2n) is 9.25. The Labute approximate surface area is 238 Å². The van der Waals surface area contributed by atoms with Crippen molar-refractivity contribution in [3.05, 3.63) is 108 Å². The highest BCUT2D eigenvalue weighted by atomic mass is 32.2. The van der Waals surface area contributed by atoms with Crippen LogP contribution in [0.3, 0.4) is 0 Å². The van der Waals surface area contributed by atoms with Crippen molar-refractivity contribution in [1.82, 2.24) is 24.5 Å². The van der Waals surface area contributed by atoms with E-state index >= 15 is 4.39 Å². The van der Waals surface area contributed by atoms with Gasteiger partial charge in [0, 0.05) is 5.56 Å². The van der Waals surface area contributed by atoms with Gasteiger partial charge in [0.25, 0.3) is 0 Å². The van der Waals surface area contributed by atoms with E-state index in [2.05, 4.69) is 25.3 Å². The van der Waals surface area contributed by atoms with E-state index in [4.69, 9.17) is 0 Å². The normalized spacial score (nSPS) is 12.2. The number of aromatic nitrogens is 5. The summed E-state index contributed by atoms with van der Waals surface area (Å²) >= 11 is 0. The smallest absolute Gasteiger partial charge is 0.333 e. The van der Waals surface area contributed by atoms with Crippen molar-refractivity contribution in [3.8, 4) is 5.82 Å². The molecular formula is C28H16F6N6O2S. The van der Waals surface area contributed by atoms with Gasteiger partial charge in [-0.15, -0.1) is 0 Å². The zero-order chi connectivity index (χ0) is 30.5. The average Bonchev–Trinajstić information content (AvgIpc) is 3.40. The summed E-state index contributed by atoms with van der Waals surface area (Å²) in [6.07, 6.45) is -2.68. The number of hydrogen-bond donors (Lipinski definition) is 1. The van der Waals surface area contributed by atoms with Crippen LogP contribution in [0.1, 0.15) is 11.1 Å². The quantitative estimate of drug-likeness (QED) is 0.213. The Morgan fingerprint density at radius 2 is 1.60 bits per heavy atom. The van der Waals surface area contributed by atoms with Gasteiger partial charge in [0.2, 0.25) is 0 Å². The Morgan fingerprint density at radius 1 is 0.814 bits per heavy atom. The largest absolute Gasteiger partial charge is 0.420 e. The highest BCUT2D eigenvalue weighted by molar-refractivity contribution is 7.90. The number of benzene rings is 3. The lowest BCUT2D eigenvalue weighted by Gasteiger charge is -2.16. The minimum atomic E-state index is -5.34. The van der Waals surface area contributed by atoms with Crippen LogP contribution < -0.4 is 5.32 Å². The molecule has 0 spiro atoms. The molecule has 3 heterocycles. The van der Waals surface area contributed by atoms with Crippen LogP contribution in [0.5, 0.6) is 0 Å². The number of para-hydroxylation sites is 2.